The van der Waals surface area contributed by atoms with Gasteiger partial charge in [0.05, 0.1) is 22.7 Å². The van der Waals surface area contributed by atoms with Crippen LogP contribution in [-0.2, 0) is 19.6 Å². The molecule has 0 radical (unpaired) electrons. The first-order valence-corrected chi connectivity index (χ1v) is 8.07. The molecule has 0 atom stereocenters. The van der Waals surface area contributed by atoms with E-state index in [2.05, 4.69) is 5.32 Å². The van der Waals surface area contributed by atoms with Gasteiger partial charge in [-0.2, -0.15) is 0 Å². The van der Waals surface area contributed by atoms with Gasteiger partial charge in [-0.3, -0.25) is 19.7 Å². The second kappa shape index (κ2) is 8.21. The van der Waals surface area contributed by atoms with Crippen LogP contribution in [0, 0.1) is 10.1 Å². The lowest BCUT2D eigenvalue weighted by molar-refractivity contribution is -0.384. The molecule has 0 heterocycles. The first-order valence-electron chi connectivity index (χ1n) is 6.59. The van der Waals surface area contributed by atoms with Gasteiger partial charge in [-0.05, 0) is 12.1 Å². The zero-order valence-corrected chi connectivity index (χ0v) is 13.1. The number of rotatable bonds is 10. The molecule has 24 heavy (non-hydrogen) atoms. The maximum atomic E-state index is 12.0. The molecule has 0 aromatic heterocycles. The molecule has 0 aliphatic heterocycles. The summed E-state index contributed by atoms with van der Waals surface area (Å²) in [5.74, 6) is -2.28. The summed E-state index contributed by atoms with van der Waals surface area (Å²) in [5, 5.41) is 30.6. The van der Waals surface area contributed by atoms with Crippen molar-refractivity contribution in [2.24, 2.45) is 0 Å². The molecule has 132 valence electrons. The molecule has 0 aliphatic carbocycles. The number of nitro groups is 1. The zero-order chi connectivity index (χ0) is 18.3. The van der Waals surface area contributed by atoms with Gasteiger partial charge < -0.3 is 15.5 Å². The quantitative estimate of drug-likeness (QED) is 0.335. The molecule has 0 saturated carbocycles. The molecule has 11 nitrogen and oxygen atoms in total. The smallest absolute Gasteiger partial charge is 0.305 e. The topological polar surface area (TPSA) is 176 Å². The summed E-state index contributed by atoms with van der Waals surface area (Å²) >= 11 is 0. The van der Waals surface area contributed by atoms with Gasteiger partial charge in [-0.15, -0.1) is 0 Å². The number of carboxylic acid groups (broad SMARTS) is 2. The molecule has 0 fully saturated rings. The van der Waals surface area contributed by atoms with Gasteiger partial charge in [0, 0.05) is 19.2 Å². The highest BCUT2D eigenvalue weighted by molar-refractivity contribution is 7.89. The van der Waals surface area contributed by atoms with E-state index >= 15 is 0 Å². The lowest BCUT2D eigenvalue weighted by Gasteiger charge is -2.09. The summed E-state index contributed by atoms with van der Waals surface area (Å²) in [6.07, 6.45) is -0.704. The largest absolute Gasteiger partial charge is 0.481 e. The number of hydrogen-bond acceptors (Lipinski definition) is 7. The van der Waals surface area contributed by atoms with E-state index < -0.39 is 43.9 Å². The van der Waals surface area contributed by atoms with Crippen molar-refractivity contribution in [2.45, 2.75) is 17.7 Å². The second-order valence-electron chi connectivity index (χ2n) is 4.55. The minimum absolute atomic E-state index is 0.0225. The maximum absolute atomic E-state index is 12.0. The second-order valence-corrected chi connectivity index (χ2v) is 6.32. The van der Waals surface area contributed by atoms with Crippen molar-refractivity contribution in [3.8, 4) is 0 Å². The van der Waals surface area contributed by atoms with Crippen molar-refractivity contribution in [3.05, 3.63) is 28.3 Å². The molecule has 1 rings (SSSR count). The van der Waals surface area contributed by atoms with E-state index in [1.165, 1.54) is 0 Å². The first-order chi connectivity index (χ1) is 11.1. The Bertz CT molecular complexity index is 747. The van der Waals surface area contributed by atoms with Crippen molar-refractivity contribution in [3.63, 3.8) is 0 Å². The van der Waals surface area contributed by atoms with E-state index in [9.17, 15) is 28.1 Å². The third-order valence-electron chi connectivity index (χ3n) is 2.76. The molecule has 0 saturated heterocycles. The Balaban J connectivity index is 2.98. The lowest BCUT2D eigenvalue weighted by atomic mass is 10.2. The normalized spacial score (nSPS) is 11.0. The molecule has 0 amide bonds. The lowest BCUT2D eigenvalue weighted by Crippen LogP contribution is -2.26. The number of carboxylic acids is 2. The highest BCUT2D eigenvalue weighted by Crippen LogP contribution is 2.27. The van der Waals surface area contributed by atoms with Crippen molar-refractivity contribution in [2.75, 3.05) is 18.4 Å². The molecule has 0 unspecified atom stereocenters. The number of aliphatic carboxylic acids is 2. The van der Waals surface area contributed by atoms with Gasteiger partial charge in [0.1, 0.15) is 5.69 Å². The fourth-order valence-corrected chi connectivity index (χ4v) is 2.71. The molecule has 0 spiro atoms. The number of anilines is 1. The predicted molar refractivity (Wildman–Crippen MR) is 81.3 cm³/mol. The van der Waals surface area contributed by atoms with Crippen LogP contribution < -0.4 is 10.0 Å². The summed E-state index contributed by atoms with van der Waals surface area (Å²) in [4.78, 5) is 30.7. The van der Waals surface area contributed by atoms with E-state index in [-0.39, 0.29) is 25.2 Å². The predicted octanol–water partition coefficient (Wildman–Crippen LogP) is 0.234. The van der Waals surface area contributed by atoms with Gasteiger partial charge in [-0.1, -0.05) is 0 Å². The standard InChI is InChI=1S/C12H15N3O8S/c16-11(17)3-5-13-9-2-1-8(7-10(9)15(20)21)24(22,23)14-6-4-12(18)19/h1-2,7,13-14H,3-6H2,(H,16,17)(H,18,19). The maximum Gasteiger partial charge on any atom is 0.305 e. The van der Waals surface area contributed by atoms with Crippen LogP contribution in [0.15, 0.2) is 23.1 Å². The highest BCUT2D eigenvalue weighted by Gasteiger charge is 2.21. The van der Waals surface area contributed by atoms with E-state index in [0.717, 1.165) is 18.2 Å². The summed E-state index contributed by atoms with van der Waals surface area (Å²) in [7, 11) is -4.10. The van der Waals surface area contributed by atoms with Crippen LogP contribution in [0.25, 0.3) is 0 Å². The average molecular weight is 361 g/mol. The fourth-order valence-electron chi connectivity index (χ4n) is 1.66. The van der Waals surface area contributed by atoms with Crippen LogP contribution in [0.1, 0.15) is 12.8 Å². The number of hydrogen-bond donors (Lipinski definition) is 4. The van der Waals surface area contributed by atoms with Crippen molar-refractivity contribution < 1.29 is 33.1 Å². The molecule has 1 aromatic rings. The van der Waals surface area contributed by atoms with Gasteiger partial charge in [0.2, 0.25) is 10.0 Å². The van der Waals surface area contributed by atoms with Gasteiger partial charge >= 0.3 is 11.9 Å². The zero-order valence-electron chi connectivity index (χ0n) is 12.3. The third kappa shape index (κ3) is 5.81. The molecular weight excluding hydrogens is 346 g/mol. The summed E-state index contributed by atoms with van der Waals surface area (Å²) in [5.41, 5.74) is -0.563. The van der Waals surface area contributed by atoms with Gasteiger partial charge in [0.25, 0.3) is 5.69 Å². The SMILES string of the molecule is O=C(O)CCNc1ccc(S(=O)(=O)NCCC(=O)O)cc1[N+](=O)[O-]. The molecule has 4 N–H and O–H groups in total. The van der Waals surface area contributed by atoms with Crippen LogP contribution in [0.2, 0.25) is 0 Å². The van der Waals surface area contributed by atoms with E-state index in [1.54, 1.807) is 0 Å². The first kappa shape index (κ1) is 19.3. The Kier molecular flexibility index (Phi) is 6.61. The number of sulfonamides is 1. The Morgan fingerprint density at radius 1 is 1.12 bits per heavy atom. The third-order valence-corrected chi connectivity index (χ3v) is 4.22. The van der Waals surface area contributed by atoms with E-state index in [1.807, 2.05) is 4.72 Å². The Labute approximate surface area is 136 Å². The molecular formula is C12H15N3O8S. The molecule has 0 bridgehead atoms. The minimum atomic E-state index is -4.10. The Hall–Kier alpha value is -2.73. The van der Waals surface area contributed by atoms with Gasteiger partial charge in [-0.25, -0.2) is 13.1 Å². The summed E-state index contributed by atoms with van der Waals surface area (Å²) < 4.78 is 26.0. The van der Waals surface area contributed by atoms with Crippen molar-refractivity contribution >= 4 is 33.3 Å². The number of nitrogens with one attached hydrogen (secondary N) is 2. The Morgan fingerprint density at radius 3 is 2.25 bits per heavy atom. The minimum Gasteiger partial charge on any atom is -0.481 e. The summed E-state index contributed by atoms with van der Waals surface area (Å²) in [6, 6.07) is 3.05. The van der Waals surface area contributed by atoms with Crippen LogP contribution in [-0.4, -0.2) is 48.6 Å². The number of nitrogens with zero attached hydrogens (tertiary/aromatic N) is 1. The fraction of sp³-hybridized carbons (Fsp3) is 0.333. The monoisotopic (exact) mass is 361 g/mol. The molecule has 1 aromatic carbocycles. The van der Waals surface area contributed by atoms with E-state index in [4.69, 9.17) is 10.2 Å². The van der Waals surface area contributed by atoms with E-state index in [0.29, 0.717) is 0 Å². The van der Waals surface area contributed by atoms with Crippen LogP contribution in [0.5, 0.6) is 0 Å². The van der Waals surface area contributed by atoms with Gasteiger partial charge in [0.15, 0.2) is 0 Å². The molecule has 12 heteroatoms. The number of benzene rings is 1. The van der Waals surface area contributed by atoms with Crippen molar-refractivity contribution in [1.82, 2.24) is 4.72 Å². The number of nitro benzene ring substituents is 1. The Morgan fingerprint density at radius 2 is 1.71 bits per heavy atom. The average Bonchev–Trinajstić information content (AvgIpc) is 2.46. The van der Waals surface area contributed by atoms with Crippen LogP contribution >= 0.6 is 0 Å². The molecule has 0 aliphatic rings. The number of carbonyl (C=O) groups is 2. The highest BCUT2D eigenvalue weighted by atomic mass is 32.2. The van der Waals surface area contributed by atoms with Crippen molar-refractivity contribution in [1.29, 1.82) is 0 Å². The van der Waals surface area contributed by atoms with Crippen LogP contribution in [0.4, 0.5) is 11.4 Å². The summed E-state index contributed by atoms with van der Waals surface area (Å²) in [6.45, 7) is -0.427. The van der Waals surface area contributed by atoms with Crippen LogP contribution in [0.3, 0.4) is 0 Å².